The van der Waals surface area contributed by atoms with Gasteiger partial charge in [0.25, 0.3) is 0 Å². The van der Waals surface area contributed by atoms with E-state index in [-0.39, 0.29) is 0 Å². The highest BCUT2D eigenvalue weighted by Gasteiger charge is 2.17. The van der Waals surface area contributed by atoms with E-state index in [1.54, 1.807) is 0 Å². The molecule has 0 aliphatic carbocycles. The average molecular weight is 195 g/mol. The smallest absolute Gasteiger partial charge is 0.330 e. The van der Waals surface area contributed by atoms with Crippen LogP contribution in [0.1, 0.15) is 6.42 Å². The molecule has 0 fully saturated rings. The van der Waals surface area contributed by atoms with E-state index in [0.717, 1.165) is 0 Å². The Kier molecular flexibility index (Phi) is 4.12. The molecule has 0 amide bonds. The third-order valence-electron chi connectivity index (χ3n) is 0.913. The van der Waals surface area contributed by atoms with Gasteiger partial charge in [-0.15, -0.1) is 0 Å². The second-order valence-corrected chi connectivity index (χ2v) is 2.54. The largest absolute Gasteiger partial charge is 0.480 e. The van der Waals surface area contributed by atoms with Crippen LogP contribution in [0.15, 0.2) is 16.8 Å². The molecule has 0 aliphatic heterocycles. The van der Waals surface area contributed by atoms with Gasteiger partial charge in [-0.1, -0.05) is 6.58 Å². The Hall–Kier alpha value is -1.24. The molecule has 5 nitrogen and oxygen atoms in total. The van der Waals surface area contributed by atoms with Gasteiger partial charge in [0, 0.05) is 6.42 Å². The van der Waals surface area contributed by atoms with Gasteiger partial charge in [-0.3, -0.25) is 0 Å². The van der Waals surface area contributed by atoms with Crippen LogP contribution in [0, 0.1) is 0 Å². The van der Waals surface area contributed by atoms with Gasteiger partial charge in [0.15, 0.2) is 6.04 Å². The molecule has 0 radical (unpaired) electrons. The zero-order valence-corrected chi connectivity index (χ0v) is 6.71. The maximum absolute atomic E-state index is 12.0. The molecule has 0 saturated heterocycles. The van der Waals surface area contributed by atoms with E-state index < -0.39 is 34.8 Å². The molecular weight excluding hydrogens is 189 g/mol. The summed E-state index contributed by atoms with van der Waals surface area (Å²) >= 11 is 0. The molecule has 0 spiro atoms. The van der Waals surface area contributed by atoms with Gasteiger partial charge in [0.1, 0.15) is 0 Å². The summed E-state index contributed by atoms with van der Waals surface area (Å²) in [6.45, 7) is 2.79. The van der Waals surface area contributed by atoms with E-state index in [4.69, 9.17) is 5.11 Å². The number of carboxylic acid groups (broad SMARTS) is 1. The second kappa shape index (κ2) is 4.60. The first-order valence-corrected chi connectivity index (χ1v) is 3.83. The summed E-state index contributed by atoms with van der Waals surface area (Å²) in [5.41, 5.74) is 0. The summed E-state index contributed by atoms with van der Waals surface area (Å²) in [7, 11) is -2.85. The molecule has 0 aliphatic rings. The Labute approximate surface area is 69.2 Å². The molecule has 68 valence electrons. The fourth-order valence-electron chi connectivity index (χ4n) is 0.483. The van der Waals surface area contributed by atoms with Crippen molar-refractivity contribution >= 4 is 16.5 Å². The maximum atomic E-state index is 12.0. The molecule has 0 aromatic heterocycles. The Morgan fingerprint density at radius 1 is 1.67 bits per heavy atom. The van der Waals surface area contributed by atoms with Gasteiger partial charge in [-0.2, -0.15) is 12.8 Å². The second-order valence-electron chi connectivity index (χ2n) is 1.90. The lowest BCUT2D eigenvalue weighted by Gasteiger charge is -2.00. The molecular formula is C5H6FNO4S. The van der Waals surface area contributed by atoms with E-state index in [2.05, 4.69) is 10.9 Å². The van der Waals surface area contributed by atoms with E-state index >= 15 is 0 Å². The lowest BCUT2D eigenvalue weighted by molar-refractivity contribution is -0.138. The van der Waals surface area contributed by atoms with Gasteiger partial charge in [-0.05, 0) is 0 Å². The van der Waals surface area contributed by atoms with Crippen LogP contribution in [0.2, 0.25) is 0 Å². The maximum Gasteiger partial charge on any atom is 0.330 e. The molecule has 0 aromatic rings. The molecule has 1 N–H and O–H groups in total. The molecule has 0 aromatic carbocycles. The van der Waals surface area contributed by atoms with Gasteiger partial charge in [0.2, 0.25) is 0 Å². The van der Waals surface area contributed by atoms with Crippen LogP contribution in [-0.2, 0) is 15.3 Å². The monoisotopic (exact) mass is 195 g/mol. The number of carbonyl (C=O) groups is 1. The summed E-state index contributed by atoms with van der Waals surface area (Å²) in [4.78, 5) is 10.2. The van der Waals surface area contributed by atoms with Crippen molar-refractivity contribution in [1.29, 1.82) is 0 Å². The fraction of sp³-hybridized carbons (Fsp3) is 0.400. The van der Waals surface area contributed by atoms with Crippen molar-refractivity contribution < 1.29 is 22.7 Å². The van der Waals surface area contributed by atoms with Gasteiger partial charge in [-0.25, -0.2) is 9.18 Å². The molecule has 1 atom stereocenters. The van der Waals surface area contributed by atoms with Crippen LogP contribution < -0.4 is 0 Å². The summed E-state index contributed by atoms with van der Waals surface area (Å²) in [6.07, 6.45) is -0.622. The van der Waals surface area contributed by atoms with Gasteiger partial charge < -0.3 is 5.11 Å². The highest BCUT2D eigenvalue weighted by molar-refractivity contribution is 7.61. The fourth-order valence-corrected chi connectivity index (χ4v) is 0.856. The minimum Gasteiger partial charge on any atom is -0.480 e. The predicted octanol–water partition coefficient (Wildman–Crippen LogP) is 0.376. The Morgan fingerprint density at radius 3 is 2.42 bits per heavy atom. The van der Waals surface area contributed by atoms with E-state index in [9.17, 15) is 17.6 Å². The first kappa shape index (κ1) is 10.8. The Balaban J connectivity index is 4.57. The first-order valence-electron chi connectivity index (χ1n) is 2.79. The van der Waals surface area contributed by atoms with E-state index in [1.807, 2.05) is 0 Å². The van der Waals surface area contributed by atoms with Crippen molar-refractivity contribution in [3.8, 4) is 0 Å². The van der Waals surface area contributed by atoms with Crippen molar-refractivity contribution in [3.05, 3.63) is 12.4 Å². The standard InChI is InChI=1S/C5H6FNO4S/c1-3(6)2-4(5(8)9)7-12(10)11/h4H,1-2H2,(H,8,9). The number of rotatable bonds is 4. The van der Waals surface area contributed by atoms with Crippen LogP contribution in [-0.4, -0.2) is 25.5 Å². The van der Waals surface area contributed by atoms with Crippen LogP contribution in [0.25, 0.3) is 0 Å². The third-order valence-corrected chi connectivity index (χ3v) is 1.34. The van der Waals surface area contributed by atoms with Gasteiger partial charge >= 0.3 is 16.5 Å². The average Bonchev–Trinajstić information content (AvgIpc) is 1.83. The molecule has 0 bridgehead atoms. The number of nitrogens with zero attached hydrogens (tertiary/aromatic N) is 1. The molecule has 7 heteroatoms. The van der Waals surface area contributed by atoms with Crippen molar-refractivity contribution in [3.63, 3.8) is 0 Å². The molecule has 12 heavy (non-hydrogen) atoms. The number of halogens is 1. The number of hydrogen-bond acceptors (Lipinski definition) is 4. The molecule has 0 rings (SSSR count). The molecule has 0 heterocycles. The van der Waals surface area contributed by atoms with E-state index in [0.29, 0.717) is 0 Å². The predicted molar refractivity (Wildman–Crippen MR) is 37.6 cm³/mol. The van der Waals surface area contributed by atoms with Crippen LogP contribution in [0.5, 0.6) is 0 Å². The van der Waals surface area contributed by atoms with E-state index in [1.165, 1.54) is 0 Å². The Bertz CT molecular complexity index is 312. The zero-order valence-electron chi connectivity index (χ0n) is 5.90. The SMILES string of the molecule is C=C(F)CC(N=S(=O)=O)C(=O)O. The number of aliphatic carboxylic acids is 1. The number of carboxylic acids is 1. The Morgan fingerprint density at radius 2 is 2.17 bits per heavy atom. The highest BCUT2D eigenvalue weighted by atomic mass is 32.2. The lowest BCUT2D eigenvalue weighted by Crippen LogP contribution is -2.17. The third kappa shape index (κ3) is 4.56. The van der Waals surface area contributed by atoms with Crippen LogP contribution in [0.3, 0.4) is 0 Å². The quantitative estimate of drug-likeness (QED) is 0.702. The summed E-state index contributed by atoms with van der Waals surface area (Å²) in [5.74, 6) is -2.42. The van der Waals surface area contributed by atoms with Crippen molar-refractivity contribution in [2.45, 2.75) is 12.5 Å². The molecule has 1 unspecified atom stereocenters. The van der Waals surface area contributed by atoms with Crippen molar-refractivity contribution in [2.24, 2.45) is 4.36 Å². The highest BCUT2D eigenvalue weighted by Crippen LogP contribution is 2.07. The lowest BCUT2D eigenvalue weighted by atomic mass is 10.2. The minimum absolute atomic E-state index is 0.622. The van der Waals surface area contributed by atoms with Crippen LogP contribution in [0.4, 0.5) is 4.39 Å². The first-order chi connectivity index (χ1) is 5.43. The summed E-state index contributed by atoms with van der Waals surface area (Å²) < 4.78 is 34.6. The van der Waals surface area contributed by atoms with Crippen molar-refractivity contribution in [1.82, 2.24) is 0 Å². The van der Waals surface area contributed by atoms with Gasteiger partial charge in [0.05, 0.1) is 5.83 Å². The summed E-state index contributed by atoms with van der Waals surface area (Å²) in [5, 5.41) is 8.30. The summed E-state index contributed by atoms with van der Waals surface area (Å²) in [6, 6.07) is -1.61. The minimum atomic E-state index is -2.85. The van der Waals surface area contributed by atoms with Crippen LogP contribution >= 0.6 is 0 Å². The zero-order chi connectivity index (χ0) is 9.72. The topological polar surface area (TPSA) is 83.8 Å². The normalized spacial score (nSPS) is 11.8. The number of hydrogen-bond donors (Lipinski definition) is 1. The van der Waals surface area contributed by atoms with Crippen molar-refractivity contribution in [2.75, 3.05) is 0 Å². The molecule has 0 saturated carbocycles.